The van der Waals surface area contributed by atoms with Gasteiger partial charge in [0.15, 0.2) is 0 Å². The maximum atomic E-state index is 2.42. The Bertz CT molecular complexity index is 4680. The van der Waals surface area contributed by atoms with Crippen LogP contribution in [0.25, 0.3) is 163 Å². The normalized spacial score (nSPS) is 11.9. The van der Waals surface area contributed by atoms with Crippen LogP contribution in [0.15, 0.2) is 279 Å². The Kier molecular flexibility index (Phi) is 9.44. The third kappa shape index (κ3) is 6.25. The summed E-state index contributed by atoms with van der Waals surface area (Å²) in [7, 11) is 0. The van der Waals surface area contributed by atoms with Crippen molar-refractivity contribution in [3.8, 4) is 55.6 Å². The molecule has 0 bridgehead atoms. The lowest BCUT2D eigenvalue weighted by molar-refractivity contribution is 1.66. The lowest BCUT2D eigenvalue weighted by Gasteiger charge is -2.22. The van der Waals surface area contributed by atoms with Crippen LogP contribution in [0.1, 0.15) is 0 Å². The molecule has 0 aliphatic carbocycles. The molecule has 0 fully saturated rings. The van der Waals surface area contributed by atoms with Gasteiger partial charge in [0.25, 0.3) is 0 Å². The fraction of sp³-hybridized carbons (Fsp3) is 0. The zero-order valence-electron chi connectivity index (χ0n) is 41.6. The molecule has 16 aromatic carbocycles. The molecule has 0 N–H and O–H groups in total. The molecule has 76 heavy (non-hydrogen) atoms. The van der Waals surface area contributed by atoms with E-state index < -0.39 is 0 Å². The molecule has 0 saturated carbocycles. The van der Waals surface area contributed by atoms with E-state index in [1.807, 2.05) is 0 Å². The van der Waals surface area contributed by atoms with E-state index in [9.17, 15) is 0 Å². The van der Waals surface area contributed by atoms with Gasteiger partial charge in [-0.05, 0) is 175 Å². The van der Waals surface area contributed by atoms with Crippen LogP contribution in [0.2, 0.25) is 0 Å². The average molecular weight is 959 g/mol. The van der Waals surface area contributed by atoms with Gasteiger partial charge in [0.2, 0.25) is 0 Å². The zero-order chi connectivity index (χ0) is 49.8. The third-order valence-corrected chi connectivity index (χ3v) is 16.6. The fourth-order valence-corrected chi connectivity index (χ4v) is 13.4. The summed E-state index contributed by atoms with van der Waals surface area (Å²) in [5.74, 6) is 0. The highest BCUT2D eigenvalue weighted by atomic mass is 14.3. The van der Waals surface area contributed by atoms with E-state index in [1.54, 1.807) is 0 Å². The summed E-state index contributed by atoms with van der Waals surface area (Å²) in [5, 5.41) is 25.1. The molecular formula is C76H46. The van der Waals surface area contributed by atoms with Crippen LogP contribution in [0.3, 0.4) is 0 Å². The van der Waals surface area contributed by atoms with Crippen molar-refractivity contribution >= 4 is 108 Å². The average Bonchev–Trinajstić information content (AvgIpc) is 3.53. The Balaban J connectivity index is 0.910. The molecule has 350 valence electrons. The van der Waals surface area contributed by atoms with Gasteiger partial charge in [-0.1, -0.05) is 267 Å². The summed E-state index contributed by atoms with van der Waals surface area (Å²) >= 11 is 0. The number of hydrogen-bond donors (Lipinski definition) is 0. The van der Waals surface area contributed by atoms with Gasteiger partial charge in [-0.25, -0.2) is 0 Å². The molecule has 16 aromatic rings. The highest BCUT2D eigenvalue weighted by Crippen LogP contribution is 2.51. The van der Waals surface area contributed by atoms with Crippen molar-refractivity contribution in [3.05, 3.63) is 279 Å². The van der Waals surface area contributed by atoms with Crippen LogP contribution in [-0.2, 0) is 0 Å². The van der Waals surface area contributed by atoms with Crippen LogP contribution >= 0.6 is 0 Å². The highest BCUT2D eigenvalue weighted by molar-refractivity contribution is 6.30. The lowest BCUT2D eigenvalue weighted by atomic mass is 9.81. The summed E-state index contributed by atoms with van der Waals surface area (Å²) in [4.78, 5) is 0. The number of fused-ring (bicyclic) bond motifs is 12. The standard InChI is InChI=1S/C76H46/c1-3-23-49-47(21-1)45-71(57-31-11-5-25-51(49)57)75-65-37-17-13-33-61(65)73(62-34-14-18-38-66(62)75)69-43-41-59(53-27-7-9-29-55(53)69)60-42-44-70(56-30-10-8-28-54(56)60)74-63-35-15-19-39-67(63)76(68-40-20-16-36-64(68)74)72-46-48-22-2-4-24-50(48)52-26-6-12-32-58(52)72/h1-46H. The first kappa shape index (κ1) is 42.6. The summed E-state index contributed by atoms with van der Waals surface area (Å²) in [6, 6.07) is 104. The van der Waals surface area contributed by atoms with Gasteiger partial charge in [0, 0.05) is 0 Å². The Morgan fingerprint density at radius 1 is 0.118 bits per heavy atom. The summed E-state index contributed by atoms with van der Waals surface area (Å²) in [6.45, 7) is 0. The van der Waals surface area contributed by atoms with E-state index in [1.165, 1.54) is 163 Å². The molecule has 0 aliphatic rings. The minimum atomic E-state index is 1.23. The molecule has 0 spiro atoms. The predicted octanol–water partition coefficient (Wildman–Crippen LogP) is 21.6. The van der Waals surface area contributed by atoms with Crippen LogP contribution in [-0.4, -0.2) is 0 Å². The zero-order valence-corrected chi connectivity index (χ0v) is 41.6. The van der Waals surface area contributed by atoms with Crippen molar-refractivity contribution in [1.82, 2.24) is 0 Å². The Morgan fingerprint density at radius 3 is 0.592 bits per heavy atom. The Morgan fingerprint density at radius 2 is 0.303 bits per heavy atom. The van der Waals surface area contributed by atoms with Crippen molar-refractivity contribution in [1.29, 1.82) is 0 Å². The van der Waals surface area contributed by atoms with Crippen LogP contribution in [0.4, 0.5) is 0 Å². The molecule has 0 amide bonds. The maximum absolute atomic E-state index is 2.42. The first-order valence-electron chi connectivity index (χ1n) is 26.5. The third-order valence-electron chi connectivity index (χ3n) is 16.6. The van der Waals surface area contributed by atoms with Gasteiger partial charge in [0.05, 0.1) is 0 Å². The summed E-state index contributed by atoms with van der Waals surface area (Å²) < 4.78 is 0. The van der Waals surface area contributed by atoms with E-state index in [4.69, 9.17) is 0 Å². The first-order chi connectivity index (χ1) is 37.8. The second-order valence-electron chi connectivity index (χ2n) is 20.5. The number of rotatable bonds is 5. The number of benzene rings is 16. The second kappa shape index (κ2) is 16.8. The van der Waals surface area contributed by atoms with Crippen molar-refractivity contribution < 1.29 is 0 Å². The molecule has 0 nitrogen and oxygen atoms in total. The molecule has 0 saturated heterocycles. The van der Waals surface area contributed by atoms with Crippen molar-refractivity contribution in [2.45, 2.75) is 0 Å². The van der Waals surface area contributed by atoms with Gasteiger partial charge >= 0.3 is 0 Å². The summed E-state index contributed by atoms with van der Waals surface area (Å²) in [6.07, 6.45) is 0. The maximum Gasteiger partial charge on any atom is -0.00199 e. The molecule has 0 heteroatoms. The van der Waals surface area contributed by atoms with E-state index in [2.05, 4.69) is 279 Å². The van der Waals surface area contributed by atoms with E-state index in [0.717, 1.165) is 0 Å². The minimum absolute atomic E-state index is 1.23. The Hall–Kier alpha value is -9.88. The highest BCUT2D eigenvalue weighted by Gasteiger charge is 2.24. The van der Waals surface area contributed by atoms with Crippen LogP contribution < -0.4 is 0 Å². The minimum Gasteiger partial charge on any atom is -0.0616 e. The van der Waals surface area contributed by atoms with Crippen molar-refractivity contribution in [2.24, 2.45) is 0 Å². The van der Waals surface area contributed by atoms with Gasteiger partial charge in [-0.3, -0.25) is 0 Å². The van der Waals surface area contributed by atoms with Crippen molar-refractivity contribution in [2.75, 3.05) is 0 Å². The molecule has 0 aliphatic heterocycles. The van der Waals surface area contributed by atoms with Gasteiger partial charge < -0.3 is 0 Å². The fourth-order valence-electron chi connectivity index (χ4n) is 13.4. The second-order valence-corrected chi connectivity index (χ2v) is 20.5. The first-order valence-corrected chi connectivity index (χ1v) is 26.5. The Labute approximate surface area is 440 Å². The SMILES string of the molecule is c1ccc2c(c1)cc(-c1c3ccccc3c(-c3ccc(-c4ccc(-c5c6ccccc6c(-c6cc7ccccc7c7ccccc67)c6ccccc56)c5ccccc45)c4ccccc34)c3ccccc13)c1ccccc12. The number of hydrogen-bond acceptors (Lipinski definition) is 0. The molecule has 0 aromatic heterocycles. The molecule has 0 unspecified atom stereocenters. The largest absolute Gasteiger partial charge is 0.0616 e. The lowest BCUT2D eigenvalue weighted by Crippen LogP contribution is -1.94. The molecule has 0 radical (unpaired) electrons. The van der Waals surface area contributed by atoms with E-state index in [-0.39, 0.29) is 0 Å². The van der Waals surface area contributed by atoms with E-state index in [0.29, 0.717) is 0 Å². The van der Waals surface area contributed by atoms with Crippen molar-refractivity contribution in [3.63, 3.8) is 0 Å². The predicted molar refractivity (Wildman–Crippen MR) is 329 cm³/mol. The van der Waals surface area contributed by atoms with Gasteiger partial charge in [0.1, 0.15) is 0 Å². The smallest absolute Gasteiger partial charge is 0.00199 e. The monoisotopic (exact) mass is 958 g/mol. The van der Waals surface area contributed by atoms with Gasteiger partial charge in [-0.2, -0.15) is 0 Å². The molecule has 16 rings (SSSR count). The summed E-state index contributed by atoms with van der Waals surface area (Å²) in [5.41, 5.74) is 12.5. The van der Waals surface area contributed by atoms with Crippen LogP contribution in [0.5, 0.6) is 0 Å². The molecular weight excluding hydrogens is 913 g/mol. The van der Waals surface area contributed by atoms with E-state index >= 15 is 0 Å². The quantitative estimate of drug-likeness (QED) is 0.119. The van der Waals surface area contributed by atoms with Crippen LogP contribution in [0, 0.1) is 0 Å². The topological polar surface area (TPSA) is 0 Å². The van der Waals surface area contributed by atoms with Gasteiger partial charge in [-0.15, -0.1) is 0 Å². The molecule has 0 heterocycles. The molecule has 0 atom stereocenters.